The molecule has 3 N–H and O–H groups in total. The van der Waals surface area contributed by atoms with Crippen LogP contribution in [0.15, 0.2) is 24.3 Å². The van der Waals surface area contributed by atoms with Crippen LogP contribution < -0.4 is 5.73 Å². The maximum Gasteiger partial charge on any atom is 0.201 e. The lowest BCUT2D eigenvalue weighted by atomic mass is 9.99. The van der Waals surface area contributed by atoms with Crippen LogP contribution in [-0.2, 0) is 6.54 Å². The number of hydrogen-bond donors (Lipinski definition) is 2. The molecule has 0 saturated carbocycles. The zero-order valence-corrected chi connectivity index (χ0v) is 13.5. The summed E-state index contributed by atoms with van der Waals surface area (Å²) in [5.74, 6) is 0.451. The zero-order chi connectivity index (χ0) is 15.9. The van der Waals surface area contributed by atoms with Crippen molar-refractivity contribution >= 4 is 22.6 Å². The predicted octanol–water partition coefficient (Wildman–Crippen LogP) is 2.11. The number of fused-ring (bicyclic) bond motifs is 1. The van der Waals surface area contributed by atoms with Crippen LogP contribution in [0.5, 0.6) is 0 Å². The van der Waals surface area contributed by atoms with Crippen LogP contribution in [0.3, 0.4) is 0 Å². The number of likely N-dealkylation sites (N-methyl/N-ethyl adjacent to an activating group) is 1. The molecule has 1 aromatic heterocycles. The number of nitrogens with zero attached hydrogens (tertiary/aromatic N) is 3. The molecule has 2 heterocycles. The van der Waals surface area contributed by atoms with Gasteiger partial charge in [0.2, 0.25) is 5.95 Å². The Hall–Kier alpha value is -1.85. The minimum Gasteiger partial charge on any atom is -0.389 e. The molecular weight excluding hydrogens is 276 g/mol. The van der Waals surface area contributed by atoms with Gasteiger partial charge in [0, 0.05) is 13.1 Å². The maximum absolute atomic E-state index is 10.0. The van der Waals surface area contributed by atoms with Crippen LogP contribution in [0, 0.1) is 0 Å². The second kappa shape index (κ2) is 5.41. The summed E-state index contributed by atoms with van der Waals surface area (Å²) in [5, 5.41) is 10.0. The minimum atomic E-state index is -0.823. The zero-order valence-electron chi connectivity index (χ0n) is 13.5. The second-order valence-corrected chi connectivity index (χ2v) is 6.81. The number of imidazole rings is 1. The van der Waals surface area contributed by atoms with E-state index < -0.39 is 5.60 Å². The topological polar surface area (TPSA) is 67.3 Å². The van der Waals surface area contributed by atoms with Crippen molar-refractivity contribution in [2.75, 3.05) is 25.9 Å². The average molecular weight is 300 g/mol. The Morgan fingerprint density at radius 3 is 2.77 bits per heavy atom. The van der Waals surface area contributed by atoms with Crippen LogP contribution in [0.2, 0.25) is 0 Å². The lowest BCUT2D eigenvalue weighted by Crippen LogP contribution is -2.26. The number of anilines is 1. The highest BCUT2D eigenvalue weighted by Crippen LogP contribution is 2.27. The Labute approximate surface area is 131 Å². The van der Waals surface area contributed by atoms with Gasteiger partial charge in [0.15, 0.2) is 0 Å². The fraction of sp³-hybridized carbons (Fsp3) is 0.471. The van der Waals surface area contributed by atoms with E-state index in [0.717, 1.165) is 30.5 Å². The summed E-state index contributed by atoms with van der Waals surface area (Å²) in [4.78, 5) is 6.76. The van der Waals surface area contributed by atoms with Gasteiger partial charge in [-0.05, 0) is 50.6 Å². The van der Waals surface area contributed by atoms with Crippen molar-refractivity contribution in [2.45, 2.75) is 32.4 Å². The molecule has 22 heavy (non-hydrogen) atoms. The lowest BCUT2D eigenvalue weighted by Gasteiger charge is -2.22. The van der Waals surface area contributed by atoms with Gasteiger partial charge < -0.3 is 20.3 Å². The molecule has 1 aliphatic rings. The Balaban J connectivity index is 1.98. The minimum absolute atomic E-state index is 0.433. The van der Waals surface area contributed by atoms with E-state index in [0.29, 0.717) is 12.5 Å². The third kappa shape index (κ3) is 3.00. The highest BCUT2D eigenvalue weighted by Gasteiger charge is 2.18. The fourth-order valence-corrected chi connectivity index (χ4v) is 2.93. The van der Waals surface area contributed by atoms with Crippen LogP contribution in [0.4, 0.5) is 5.95 Å². The summed E-state index contributed by atoms with van der Waals surface area (Å²) in [6.45, 7) is 6.05. The summed E-state index contributed by atoms with van der Waals surface area (Å²) in [6, 6.07) is 6.28. The Bertz CT molecular complexity index is 724. The first-order valence-electron chi connectivity index (χ1n) is 7.69. The molecule has 5 nitrogen and oxygen atoms in total. The molecule has 0 amide bonds. The van der Waals surface area contributed by atoms with Gasteiger partial charge in [-0.1, -0.05) is 12.1 Å². The molecule has 0 radical (unpaired) electrons. The molecule has 3 rings (SSSR count). The summed E-state index contributed by atoms with van der Waals surface area (Å²) in [7, 11) is 2.13. The quantitative estimate of drug-likeness (QED) is 0.911. The summed E-state index contributed by atoms with van der Waals surface area (Å²) in [6.07, 6.45) is 3.34. The number of rotatable bonds is 3. The van der Waals surface area contributed by atoms with Gasteiger partial charge >= 0.3 is 0 Å². The van der Waals surface area contributed by atoms with Gasteiger partial charge in [-0.25, -0.2) is 4.98 Å². The van der Waals surface area contributed by atoms with Crippen LogP contribution in [0.25, 0.3) is 16.6 Å². The number of benzene rings is 1. The summed E-state index contributed by atoms with van der Waals surface area (Å²) >= 11 is 0. The third-order valence-corrected chi connectivity index (χ3v) is 4.11. The lowest BCUT2D eigenvalue weighted by molar-refractivity contribution is 0.0633. The molecule has 2 aromatic rings. The van der Waals surface area contributed by atoms with E-state index in [1.165, 1.54) is 11.1 Å². The molecule has 0 saturated heterocycles. The van der Waals surface area contributed by atoms with Gasteiger partial charge in [-0.2, -0.15) is 0 Å². The van der Waals surface area contributed by atoms with Gasteiger partial charge in [0.25, 0.3) is 0 Å². The van der Waals surface area contributed by atoms with E-state index in [2.05, 4.69) is 41.2 Å². The molecule has 0 spiro atoms. The molecule has 0 bridgehead atoms. The smallest absolute Gasteiger partial charge is 0.201 e. The molecule has 1 aliphatic heterocycles. The number of hydrogen-bond acceptors (Lipinski definition) is 4. The van der Waals surface area contributed by atoms with Gasteiger partial charge in [-0.15, -0.1) is 0 Å². The van der Waals surface area contributed by atoms with Crippen molar-refractivity contribution in [3.63, 3.8) is 0 Å². The summed E-state index contributed by atoms with van der Waals surface area (Å²) in [5.41, 5.74) is 9.65. The summed E-state index contributed by atoms with van der Waals surface area (Å²) < 4.78 is 1.88. The van der Waals surface area contributed by atoms with Crippen molar-refractivity contribution in [1.29, 1.82) is 0 Å². The SMILES string of the molecule is CN1CC=C(c2ccc3c(c2)nc(N)n3CC(C)(C)O)CC1. The highest BCUT2D eigenvalue weighted by molar-refractivity contribution is 5.83. The van der Waals surface area contributed by atoms with Crippen molar-refractivity contribution in [3.05, 3.63) is 29.8 Å². The van der Waals surface area contributed by atoms with Gasteiger partial charge in [-0.3, -0.25) is 0 Å². The average Bonchev–Trinajstić information content (AvgIpc) is 2.73. The molecule has 0 aliphatic carbocycles. The third-order valence-electron chi connectivity index (χ3n) is 4.11. The van der Waals surface area contributed by atoms with E-state index in [9.17, 15) is 5.11 Å². The number of aromatic nitrogens is 2. The number of aliphatic hydroxyl groups is 1. The number of nitrogens with two attached hydrogens (primary N) is 1. The van der Waals surface area contributed by atoms with Crippen molar-refractivity contribution in [1.82, 2.24) is 14.5 Å². The normalized spacial score (nSPS) is 17.0. The van der Waals surface area contributed by atoms with E-state index in [-0.39, 0.29) is 0 Å². The molecule has 0 fully saturated rings. The van der Waals surface area contributed by atoms with E-state index >= 15 is 0 Å². The first kappa shape index (κ1) is 15.1. The predicted molar refractivity (Wildman–Crippen MR) is 90.5 cm³/mol. The van der Waals surface area contributed by atoms with Gasteiger partial charge in [0.1, 0.15) is 0 Å². The van der Waals surface area contributed by atoms with Crippen molar-refractivity contribution < 1.29 is 5.11 Å². The Morgan fingerprint density at radius 2 is 2.14 bits per heavy atom. The van der Waals surface area contributed by atoms with E-state index in [1.54, 1.807) is 13.8 Å². The molecular formula is C17H24N4O. The van der Waals surface area contributed by atoms with Crippen LogP contribution >= 0.6 is 0 Å². The first-order chi connectivity index (χ1) is 10.3. The number of nitrogen functional groups attached to an aromatic ring is 1. The van der Waals surface area contributed by atoms with E-state index in [4.69, 9.17) is 5.73 Å². The Kier molecular flexibility index (Phi) is 3.70. The molecule has 1 aromatic carbocycles. The second-order valence-electron chi connectivity index (χ2n) is 6.81. The van der Waals surface area contributed by atoms with Crippen molar-refractivity contribution in [3.8, 4) is 0 Å². The van der Waals surface area contributed by atoms with Gasteiger partial charge in [0.05, 0.1) is 23.2 Å². The van der Waals surface area contributed by atoms with Crippen molar-refractivity contribution in [2.24, 2.45) is 0 Å². The molecule has 5 heteroatoms. The van der Waals surface area contributed by atoms with E-state index in [1.807, 2.05) is 4.57 Å². The maximum atomic E-state index is 10.0. The monoisotopic (exact) mass is 300 g/mol. The molecule has 0 unspecified atom stereocenters. The highest BCUT2D eigenvalue weighted by atomic mass is 16.3. The Morgan fingerprint density at radius 1 is 1.36 bits per heavy atom. The van der Waals surface area contributed by atoms with Crippen LogP contribution in [0.1, 0.15) is 25.8 Å². The first-order valence-corrected chi connectivity index (χ1v) is 7.69. The fourth-order valence-electron chi connectivity index (χ4n) is 2.93. The van der Waals surface area contributed by atoms with Crippen LogP contribution in [-0.4, -0.2) is 45.3 Å². The largest absolute Gasteiger partial charge is 0.389 e. The standard InChI is InChI=1S/C17H24N4O/c1-17(2,22)11-21-15-5-4-13(10-14(15)19-16(21)18)12-6-8-20(3)9-7-12/h4-6,10,22H,7-9,11H2,1-3H3,(H2,18,19). The molecule has 118 valence electrons. The molecule has 0 atom stereocenters.